The first-order valence-electron chi connectivity index (χ1n) is 5.20. The zero-order chi connectivity index (χ0) is 10.7. The molecule has 0 bridgehead atoms. The molecule has 0 heterocycles. The fourth-order valence-corrected chi connectivity index (χ4v) is 1.73. The summed E-state index contributed by atoms with van der Waals surface area (Å²) in [6.45, 7) is 0. The third-order valence-corrected chi connectivity index (χ3v) is 2.61. The average Bonchev–Trinajstić information content (AvgIpc) is 2.25. The molecule has 1 saturated carbocycles. The standard InChI is InChI=1S/C12H13F2N/c13-9-1-5-11(6-2-9)15-12-7-3-10(14)4-8-12/h1-2,5-6,10H,3-4,7-8H2. The zero-order valence-corrected chi connectivity index (χ0v) is 8.42. The summed E-state index contributed by atoms with van der Waals surface area (Å²) in [6.07, 6.45) is 1.91. The Labute approximate surface area is 87.8 Å². The zero-order valence-electron chi connectivity index (χ0n) is 8.42. The van der Waals surface area contributed by atoms with Crippen LogP contribution in [0.2, 0.25) is 0 Å². The lowest BCUT2D eigenvalue weighted by molar-refractivity contribution is 0.292. The first-order valence-corrected chi connectivity index (χ1v) is 5.20. The number of nitrogens with zero attached hydrogens (tertiary/aromatic N) is 1. The highest BCUT2D eigenvalue weighted by Crippen LogP contribution is 2.22. The Morgan fingerprint density at radius 3 is 2.27 bits per heavy atom. The van der Waals surface area contributed by atoms with Crippen molar-refractivity contribution in [2.45, 2.75) is 31.9 Å². The Kier molecular flexibility index (Phi) is 3.09. The van der Waals surface area contributed by atoms with Crippen molar-refractivity contribution in [1.29, 1.82) is 0 Å². The van der Waals surface area contributed by atoms with Crippen molar-refractivity contribution in [2.75, 3.05) is 0 Å². The molecule has 0 atom stereocenters. The lowest BCUT2D eigenvalue weighted by Gasteiger charge is -2.16. The van der Waals surface area contributed by atoms with Crippen molar-refractivity contribution in [3.8, 4) is 0 Å². The molecule has 1 aromatic rings. The van der Waals surface area contributed by atoms with Gasteiger partial charge in [0.1, 0.15) is 12.0 Å². The molecule has 3 heteroatoms. The van der Waals surface area contributed by atoms with E-state index < -0.39 is 6.17 Å². The summed E-state index contributed by atoms with van der Waals surface area (Å²) < 4.78 is 25.5. The van der Waals surface area contributed by atoms with E-state index in [1.807, 2.05) is 0 Å². The average molecular weight is 209 g/mol. The van der Waals surface area contributed by atoms with Gasteiger partial charge in [-0.05, 0) is 49.9 Å². The SMILES string of the molecule is Fc1ccc(N=C2CCC(F)CC2)cc1. The molecule has 1 aromatic carbocycles. The number of halogens is 2. The van der Waals surface area contributed by atoms with Crippen molar-refractivity contribution in [1.82, 2.24) is 0 Å². The largest absolute Gasteiger partial charge is 0.258 e. The van der Waals surface area contributed by atoms with E-state index in [1.165, 1.54) is 12.1 Å². The number of rotatable bonds is 1. The maximum Gasteiger partial charge on any atom is 0.123 e. The predicted octanol–water partition coefficient (Wildman–Crippen LogP) is 3.81. The van der Waals surface area contributed by atoms with Gasteiger partial charge in [-0.15, -0.1) is 0 Å². The van der Waals surface area contributed by atoms with Crippen molar-refractivity contribution < 1.29 is 8.78 Å². The van der Waals surface area contributed by atoms with Crippen LogP contribution in [0.5, 0.6) is 0 Å². The second kappa shape index (κ2) is 4.51. The highest BCUT2D eigenvalue weighted by atomic mass is 19.1. The number of hydrogen-bond acceptors (Lipinski definition) is 1. The minimum atomic E-state index is -0.669. The Morgan fingerprint density at radius 2 is 1.67 bits per heavy atom. The van der Waals surface area contributed by atoms with E-state index >= 15 is 0 Å². The Hall–Kier alpha value is -1.25. The van der Waals surface area contributed by atoms with Gasteiger partial charge in [-0.25, -0.2) is 8.78 Å². The molecule has 0 N–H and O–H groups in total. The van der Waals surface area contributed by atoms with Gasteiger partial charge in [0.25, 0.3) is 0 Å². The summed E-state index contributed by atoms with van der Waals surface area (Å²) >= 11 is 0. The van der Waals surface area contributed by atoms with Crippen molar-refractivity contribution in [2.24, 2.45) is 4.99 Å². The van der Waals surface area contributed by atoms with Gasteiger partial charge >= 0.3 is 0 Å². The van der Waals surface area contributed by atoms with Crippen LogP contribution in [0, 0.1) is 5.82 Å². The van der Waals surface area contributed by atoms with Crippen LogP contribution in [0.25, 0.3) is 0 Å². The molecule has 0 saturated heterocycles. The second-order valence-electron chi connectivity index (χ2n) is 3.83. The fraction of sp³-hybridized carbons (Fsp3) is 0.417. The van der Waals surface area contributed by atoms with E-state index in [2.05, 4.69) is 4.99 Å². The van der Waals surface area contributed by atoms with Crippen LogP contribution in [-0.4, -0.2) is 11.9 Å². The topological polar surface area (TPSA) is 12.4 Å². The Morgan fingerprint density at radius 1 is 1.07 bits per heavy atom. The number of alkyl halides is 1. The van der Waals surface area contributed by atoms with Crippen molar-refractivity contribution in [3.63, 3.8) is 0 Å². The molecular formula is C12H13F2N. The van der Waals surface area contributed by atoms with Gasteiger partial charge in [0.15, 0.2) is 0 Å². The van der Waals surface area contributed by atoms with E-state index in [4.69, 9.17) is 0 Å². The molecule has 80 valence electrons. The molecular weight excluding hydrogens is 196 g/mol. The van der Waals surface area contributed by atoms with Gasteiger partial charge in [0, 0.05) is 5.71 Å². The van der Waals surface area contributed by atoms with Crippen LogP contribution in [-0.2, 0) is 0 Å². The van der Waals surface area contributed by atoms with Gasteiger partial charge in [-0.2, -0.15) is 0 Å². The van der Waals surface area contributed by atoms with Crippen LogP contribution in [0.3, 0.4) is 0 Å². The summed E-state index contributed by atoms with van der Waals surface area (Å²) in [5.74, 6) is -0.258. The number of benzene rings is 1. The van der Waals surface area contributed by atoms with Crippen LogP contribution >= 0.6 is 0 Å². The molecule has 0 aromatic heterocycles. The molecule has 1 fully saturated rings. The summed E-state index contributed by atoms with van der Waals surface area (Å²) in [4.78, 5) is 4.38. The summed E-state index contributed by atoms with van der Waals surface area (Å²) in [6, 6.07) is 6.06. The molecule has 0 unspecified atom stereocenters. The fourth-order valence-electron chi connectivity index (χ4n) is 1.73. The van der Waals surface area contributed by atoms with Gasteiger partial charge in [0.2, 0.25) is 0 Å². The lowest BCUT2D eigenvalue weighted by Crippen LogP contribution is -2.14. The van der Waals surface area contributed by atoms with Gasteiger partial charge in [-0.1, -0.05) is 0 Å². The molecule has 0 spiro atoms. The summed E-state index contributed by atoms with van der Waals surface area (Å²) in [7, 11) is 0. The number of aliphatic imine (C=N–C) groups is 1. The monoisotopic (exact) mass is 209 g/mol. The van der Waals surface area contributed by atoms with Crippen LogP contribution in [0.1, 0.15) is 25.7 Å². The maximum atomic E-state index is 12.8. The molecule has 2 rings (SSSR count). The number of hydrogen-bond donors (Lipinski definition) is 0. The lowest BCUT2D eigenvalue weighted by atomic mass is 9.97. The highest BCUT2D eigenvalue weighted by Gasteiger charge is 2.16. The van der Waals surface area contributed by atoms with E-state index in [-0.39, 0.29) is 5.82 Å². The van der Waals surface area contributed by atoms with E-state index in [0.29, 0.717) is 12.8 Å². The molecule has 0 aliphatic heterocycles. The predicted molar refractivity (Wildman–Crippen MR) is 56.9 cm³/mol. The maximum absolute atomic E-state index is 12.8. The smallest absolute Gasteiger partial charge is 0.123 e. The van der Waals surface area contributed by atoms with E-state index in [1.54, 1.807) is 12.1 Å². The van der Waals surface area contributed by atoms with Crippen LogP contribution in [0.4, 0.5) is 14.5 Å². The molecule has 1 nitrogen and oxygen atoms in total. The minimum Gasteiger partial charge on any atom is -0.258 e. The third-order valence-electron chi connectivity index (χ3n) is 2.61. The van der Waals surface area contributed by atoms with E-state index in [0.717, 1.165) is 24.2 Å². The first kappa shape index (κ1) is 10.3. The van der Waals surface area contributed by atoms with E-state index in [9.17, 15) is 8.78 Å². The van der Waals surface area contributed by atoms with Gasteiger partial charge < -0.3 is 0 Å². The first-order chi connectivity index (χ1) is 7.24. The summed E-state index contributed by atoms with van der Waals surface area (Å²) in [5, 5.41) is 0. The minimum absolute atomic E-state index is 0.258. The molecule has 1 aliphatic carbocycles. The molecule has 15 heavy (non-hydrogen) atoms. The van der Waals surface area contributed by atoms with Crippen LogP contribution in [0.15, 0.2) is 29.3 Å². The van der Waals surface area contributed by atoms with Crippen molar-refractivity contribution >= 4 is 11.4 Å². The molecule has 0 amide bonds. The van der Waals surface area contributed by atoms with Gasteiger partial charge in [-0.3, -0.25) is 4.99 Å². The normalized spacial score (nSPS) is 21.5. The second-order valence-corrected chi connectivity index (χ2v) is 3.83. The van der Waals surface area contributed by atoms with Gasteiger partial charge in [0.05, 0.1) is 5.69 Å². The molecule has 0 radical (unpaired) electrons. The Bertz CT molecular complexity index is 346. The third kappa shape index (κ3) is 2.85. The highest BCUT2D eigenvalue weighted by molar-refractivity contribution is 5.87. The van der Waals surface area contributed by atoms with Crippen LogP contribution < -0.4 is 0 Å². The summed E-state index contributed by atoms with van der Waals surface area (Å²) in [5.41, 5.74) is 1.78. The molecule has 1 aliphatic rings. The Balaban J connectivity index is 2.06. The van der Waals surface area contributed by atoms with Crippen molar-refractivity contribution in [3.05, 3.63) is 30.1 Å². The quantitative estimate of drug-likeness (QED) is 0.667.